The first-order chi connectivity index (χ1) is 6.24. The summed E-state index contributed by atoms with van der Waals surface area (Å²) >= 11 is 3.92. The highest BCUT2D eigenvalue weighted by molar-refractivity contribution is 14.1. The zero-order chi connectivity index (χ0) is 9.42. The van der Waals surface area contributed by atoms with Crippen molar-refractivity contribution in [1.82, 2.24) is 0 Å². The van der Waals surface area contributed by atoms with E-state index in [0.29, 0.717) is 5.75 Å². The van der Waals surface area contributed by atoms with Crippen LogP contribution in [-0.4, -0.2) is 5.11 Å². The van der Waals surface area contributed by atoms with Gasteiger partial charge in [-0.25, -0.2) is 0 Å². The largest absolute Gasteiger partial charge is 0.506 e. The van der Waals surface area contributed by atoms with Crippen molar-refractivity contribution in [1.29, 1.82) is 0 Å². The molecule has 2 rings (SSSR count). The standard InChI is InChI=1S/C10H9IOS/c1-2-6-3-4-7(11)10-9(6)8(12)5-13-10/h3-5,12H,2H2,1H3. The third kappa shape index (κ3) is 1.44. The van der Waals surface area contributed by atoms with Crippen LogP contribution in [-0.2, 0) is 6.42 Å². The van der Waals surface area contributed by atoms with E-state index < -0.39 is 0 Å². The summed E-state index contributed by atoms with van der Waals surface area (Å²) in [6.45, 7) is 2.11. The molecule has 13 heavy (non-hydrogen) atoms. The summed E-state index contributed by atoms with van der Waals surface area (Å²) in [6.07, 6.45) is 0.970. The molecule has 0 aliphatic heterocycles. The predicted molar refractivity (Wildman–Crippen MR) is 65.6 cm³/mol. The molecule has 0 aliphatic rings. The molecule has 0 bridgehead atoms. The monoisotopic (exact) mass is 304 g/mol. The Morgan fingerprint density at radius 3 is 2.92 bits per heavy atom. The van der Waals surface area contributed by atoms with E-state index in [1.807, 2.05) is 5.38 Å². The van der Waals surface area contributed by atoms with Gasteiger partial charge in [-0.3, -0.25) is 0 Å². The van der Waals surface area contributed by atoms with Crippen molar-refractivity contribution in [3.05, 3.63) is 26.6 Å². The van der Waals surface area contributed by atoms with Crippen molar-refractivity contribution in [3.8, 4) is 5.75 Å². The highest BCUT2D eigenvalue weighted by Gasteiger charge is 2.09. The van der Waals surface area contributed by atoms with Crippen LogP contribution in [0.15, 0.2) is 17.5 Å². The second-order valence-electron chi connectivity index (χ2n) is 2.89. The van der Waals surface area contributed by atoms with Crippen molar-refractivity contribution in [2.45, 2.75) is 13.3 Å². The molecule has 3 heteroatoms. The maximum absolute atomic E-state index is 9.65. The Labute approximate surface area is 94.5 Å². The lowest BCUT2D eigenvalue weighted by molar-refractivity contribution is 0.483. The molecule has 0 saturated carbocycles. The summed E-state index contributed by atoms with van der Waals surface area (Å²) in [5, 5.41) is 12.5. The summed E-state index contributed by atoms with van der Waals surface area (Å²) in [6, 6.07) is 4.20. The molecular weight excluding hydrogens is 295 g/mol. The van der Waals surface area contributed by atoms with E-state index in [2.05, 4.69) is 41.6 Å². The van der Waals surface area contributed by atoms with Gasteiger partial charge >= 0.3 is 0 Å². The van der Waals surface area contributed by atoms with Gasteiger partial charge in [0.1, 0.15) is 5.75 Å². The first-order valence-electron chi connectivity index (χ1n) is 4.11. The van der Waals surface area contributed by atoms with E-state index >= 15 is 0 Å². The zero-order valence-electron chi connectivity index (χ0n) is 7.17. The van der Waals surface area contributed by atoms with Crippen LogP contribution in [0.3, 0.4) is 0 Å². The molecule has 0 aliphatic carbocycles. The van der Waals surface area contributed by atoms with Gasteiger partial charge in [0.25, 0.3) is 0 Å². The molecule has 0 atom stereocenters. The highest BCUT2D eigenvalue weighted by atomic mass is 127. The molecule has 0 unspecified atom stereocenters. The molecule has 0 saturated heterocycles. The molecule has 1 nitrogen and oxygen atoms in total. The second-order valence-corrected chi connectivity index (χ2v) is 4.93. The van der Waals surface area contributed by atoms with Crippen LogP contribution in [0.1, 0.15) is 12.5 Å². The fraction of sp³-hybridized carbons (Fsp3) is 0.200. The van der Waals surface area contributed by atoms with E-state index in [-0.39, 0.29) is 0 Å². The highest BCUT2D eigenvalue weighted by Crippen LogP contribution is 2.36. The van der Waals surface area contributed by atoms with Crippen molar-refractivity contribution in [3.63, 3.8) is 0 Å². The van der Waals surface area contributed by atoms with E-state index in [9.17, 15) is 5.11 Å². The van der Waals surface area contributed by atoms with Crippen LogP contribution in [0.4, 0.5) is 0 Å². The lowest BCUT2D eigenvalue weighted by atomic mass is 10.1. The first kappa shape index (κ1) is 9.27. The van der Waals surface area contributed by atoms with Crippen molar-refractivity contribution < 1.29 is 5.11 Å². The third-order valence-electron chi connectivity index (χ3n) is 2.12. The second kappa shape index (κ2) is 3.46. The Kier molecular flexibility index (Phi) is 2.47. The lowest BCUT2D eigenvalue weighted by Crippen LogP contribution is -1.82. The molecule has 1 aromatic heterocycles. The number of rotatable bonds is 1. The molecule has 0 amide bonds. The van der Waals surface area contributed by atoms with Gasteiger partial charge in [0, 0.05) is 14.3 Å². The van der Waals surface area contributed by atoms with Crippen LogP contribution in [0, 0.1) is 3.57 Å². The minimum absolute atomic E-state index is 0.426. The number of fused-ring (bicyclic) bond motifs is 1. The number of hydrogen-bond donors (Lipinski definition) is 1. The van der Waals surface area contributed by atoms with Crippen LogP contribution in [0.5, 0.6) is 5.75 Å². The summed E-state index contributed by atoms with van der Waals surface area (Å²) < 4.78 is 2.42. The number of halogens is 1. The third-order valence-corrected chi connectivity index (χ3v) is 4.39. The normalized spacial score (nSPS) is 10.9. The van der Waals surface area contributed by atoms with Crippen LogP contribution in [0.2, 0.25) is 0 Å². The molecule has 1 heterocycles. The number of benzene rings is 1. The van der Waals surface area contributed by atoms with Crippen LogP contribution < -0.4 is 0 Å². The number of hydrogen-bond acceptors (Lipinski definition) is 2. The lowest BCUT2D eigenvalue weighted by Gasteiger charge is -2.01. The maximum Gasteiger partial charge on any atom is 0.134 e. The van der Waals surface area contributed by atoms with Gasteiger partial charge in [0.15, 0.2) is 0 Å². The Morgan fingerprint density at radius 1 is 1.46 bits per heavy atom. The summed E-state index contributed by atoms with van der Waals surface area (Å²) in [7, 11) is 0. The SMILES string of the molecule is CCc1ccc(I)c2scc(O)c12. The zero-order valence-corrected chi connectivity index (χ0v) is 10.1. The minimum Gasteiger partial charge on any atom is -0.506 e. The maximum atomic E-state index is 9.65. The summed E-state index contributed by atoms with van der Waals surface area (Å²) in [4.78, 5) is 0. The van der Waals surface area contributed by atoms with E-state index in [0.717, 1.165) is 11.8 Å². The molecule has 1 N–H and O–H groups in total. The van der Waals surface area contributed by atoms with E-state index in [4.69, 9.17) is 0 Å². The number of aryl methyl sites for hydroxylation is 1. The van der Waals surface area contributed by atoms with Gasteiger partial charge in [-0.15, -0.1) is 11.3 Å². The molecule has 68 valence electrons. The minimum atomic E-state index is 0.426. The average molecular weight is 304 g/mol. The van der Waals surface area contributed by atoms with Gasteiger partial charge in [0.2, 0.25) is 0 Å². The molecular formula is C10H9IOS. The van der Waals surface area contributed by atoms with Crippen molar-refractivity contribution >= 4 is 44.0 Å². The molecule has 0 spiro atoms. The van der Waals surface area contributed by atoms with Gasteiger partial charge in [0.05, 0.1) is 4.70 Å². The van der Waals surface area contributed by atoms with Gasteiger partial charge in [-0.2, -0.15) is 0 Å². The quantitative estimate of drug-likeness (QED) is 0.795. The van der Waals surface area contributed by atoms with Crippen molar-refractivity contribution in [2.75, 3.05) is 0 Å². The number of thiophene rings is 1. The Hall–Kier alpha value is -0.290. The predicted octanol–water partition coefficient (Wildman–Crippen LogP) is 3.77. The molecule has 0 fully saturated rings. The van der Waals surface area contributed by atoms with Gasteiger partial charge in [-0.1, -0.05) is 13.0 Å². The van der Waals surface area contributed by atoms with Gasteiger partial charge in [-0.05, 0) is 40.6 Å². The van der Waals surface area contributed by atoms with Crippen LogP contribution >= 0.6 is 33.9 Å². The number of aromatic hydroxyl groups is 1. The Balaban J connectivity index is 2.88. The topological polar surface area (TPSA) is 20.2 Å². The first-order valence-corrected chi connectivity index (χ1v) is 6.07. The molecule has 1 aromatic carbocycles. The van der Waals surface area contributed by atoms with Crippen molar-refractivity contribution in [2.24, 2.45) is 0 Å². The summed E-state index contributed by atoms with van der Waals surface area (Å²) in [5.74, 6) is 0.426. The fourth-order valence-corrected chi connectivity index (χ4v) is 3.17. The van der Waals surface area contributed by atoms with E-state index in [1.165, 1.54) is 13.8 Å². The molecule has 2 aromatic rings. The fourth-order valence-electron chi connectivity index (χ4n) is 1.46. The summed E-state index contributed by atoms with van der Waals surface area (Å²) in [5.41, 5.74) is 1.23. The average Bonchev–Trinajstić information content (AvgIpc) is 2.51. The smallest absolute Gasteiger partial charge is 0.134 e. The molecule has 0 radical (unpaired) electrons. The Morgan fingerprint density at radius 2 is 2.23 bits per heavy atom. The van der Waals surface area contributed by atoms with Crippen LogP contribution in [0.25, 0.3) is 10.1 Å². The Bertz CT molecular complexity index is 447. The van der Waals surface area contributed by atoms with Gasteiger partial charge < -0.3 is 5.11 Å². The van der Waals surface area contributed by atoms with E-state index in [1.54, 1.807) is 11.3 Å².